The summed E-state index contributed by atoms with van der Waals surface area (Å²) >= 11 is 0. The molecule has 0 saturated carbocycles. The summed E-state index contributed by atoms with van der Waals surface area (Å²) in [5.74, 6) is -0.435. The number of pyridine rings is 1. The molecule has 0 amide bonds. The van der Waals surface area contributed by atoms with E-state index in [0.717, 1.165) is 5.56 Å². The lowest BCUT2D eigenvalue weighted by molar-refractivity contribution is 0.0696. The highest BCUT2D eigenvalue weighted by Crippen LogP contribution is 2.17. The molecule has 0 bridgehead atoms. The molecule has 0 fully saturated rings. The van der Waals surface area contributed by atoms with Crippen LogP contribution in [0, 0.1) is 0 Å². The molecule has 0 atom stereocenters. The van der Waals surface area contributed by atoms with Crippen LogP contribution in [0.15, 0.2) is 30.7 Å². The zero-order valence-electron chi connectivity index (χ0n) is 8.53. The van der Waals surface area contributed by atoms with E-state index in [9.17, 15) is 4.79 Å². The average molecular weight is 229 g/mol. The Hall–Kier alpha value is -2.70. The van der Waals surface area contributed by atoms with E-state index in [-0.39, 0.29) is 5.56 Å². The predicted molar refractivity (Wildman–Crippen MR) is 57.5 cm³/mol. The Labute approximate surface area is 94.7 Å². The van der Waals surface area contributed by atoms with Crippen LogP contribution >= 0.6 is 0 Å². The van der Waals surface area contributed by atoms with Crippen LogP contribution < -0.4 is 0 Å². The van der Waals surface area contributed by atoms with E-state index in [1.54, 1.807) is 22.9 Å². The normalized spacial score (nSPS) is 10.8. The maximum absolute atomic E-state index is 10.9. The topological polar surface area (TPSA) is 96.2 Å². The monoisotopic (exact) mass is 229 g/mol. The quantitative estimate of drug-likeness (QED) is 0.678. The van der Waals surface area contributed by atoms with Gasteiger partial charge in [0.15, 0.2) is 11.5 Å². The Balaban J connectivity index is 2.26. The maximum Gasteiger partial charge on any atom is 0.337 e. The lowest BCUT2D eigenvalue weighted by Gasteiger charge is -1.98. The van der Waals surface area contributed by atoms with Gasteiger partial charge in [-0.05, 0) is 12.1 Å². The molecule has 3 aromatic heterocycles. The van der Waals surface area contributed by atoms with E-state index in [1.807, 2.05) is 0 Å². The molecule has 0 aliphatic rings. The molecule has 3 aromatic rings. The largest absolute Gasteiger partial charge is 0.478 e. The number of carboxylic acids is 1. The van der Waals surface area contributed by atoms with Gasteiger partial charge in [-0.3, -0.25) is 9.50 Å². The lowest BCUT2D eigenvalue weighted by atomic mass is 10.3. The molecule has 0 aromatic carbocycles. The highest BCUT2D eigenvalue weighted by Gasteiger charge is 2.11. The second kappa shape index (κ2) is 3.41. The van der Waals surface area contributed by atoms with Crippen LogP contribution in [0.25, 0.3) is 17.0 Å². The van der Waals surface area contributed by atoms with Gasteiger partial charge in [0.2, 0.25) is 0 Å². The molecule has 3 rings (SSSR count). The van der Waals surface area contributed by atoms with Crippen molar-refractivity contribution in [2.45, 2.75) is 0 Å². The van der Waals surface area contributed by atoms with E-state index in [0.29, 0.717) is 11.5 Å². The first-order valence-corrected chi connectivity index (χ1v) is 4.83. The fourth-order valence-corrected chi connectivity index (χ4v) is 1.59. The SMILES string of the molecule is O=C(O)c1ccc2nnc(-c3cn[nH]c3)n2c1. The third-order valence-electron chi connectivity index (χ3n) is 2.41. The molecule has 0 saturated heterocycles. The number of aromatic amines is 1. The van der Waals surface area contributed by atoms with Crippen LogP contribution in [0.3, 0.4) is 0 Å². The van der Waals surface area contributed by atoms with Crippen LogP contribution in [0.2, 0.25) is 0 Å². The smallest absolute Gasteiger partial charge is 0.337 e. The summed E-state index contributed by atoms with van der Waals surface area (Å²) in [6.45, 7) is 0. The van der Waals surface area contributed by atoms with Crippen molar-refractivity contribution >= 4 is 11.6 Å². The van der Waals surface area contributed by atoms with Gasteiger partial charge < -0.3 is 5.11 Å². The number of H-pyrrole nitrogens is 1. The molecule has 0 aliphatic heterocycles. The van der Waals surface area contributed by atoms with E-state index in [4.69, 9.17) is 5.11 Å². The van der Waals surface area contributed by atoms with Gasteiger partial charge in [-0.25, -0.2) is 4.79 Å². The molecule has 84 valence electrons. The number of hydrogen-bond donors (Lipinski definition) is 2. The van der Waals surface area contributed by atoms with Crippen LogP contribution in [0.5, 0.6) is 0 Å². The summed E-state index contributed by atoms with van der Waals surface area (Å²) in [5.41, 5.74) is 1.52. The van der Waals surface area contributed by atoms with Gasteiger partial charge in [-0.15, -0.1) is 10.2 Å². The van der Waals surface area contributed by atoms with E-state index in [1.165, 1.54) is 12.3 Å². The number of nitrogens with one attached hydrogen (secondary N) is 1. The number of carbonyl (C=O) groups is 1. The van der Waals surface area contributed by atoms with Crippen molar-refractivity contribution in [2.24, 2.45) is 0 Å². The number of rotatable bonds is 2. The molecular weight excluding hydrogens is 222 g/mol. The zero-order valence-corrected chi connectivity index (χ0v) is 8.53. The summed E-state index contributed by atoms with van der Waals surface area (Å²) < 4.78 is 1.62. The van der Waals surface area contributed by atoms with Crippen molar-refractivity contribution in [1.82, 2.24) is 24.8 Å². The van der Waals surface area contributed by atoms with Gasteiger partial charge in [0, 0.05) is 12.4 Å². The van der Waals surface area contributed by atoms with E-state index in [2.05, 4.69) is 20.4 Å². The molecule has 2 N–H and O–H groups in total. The molecule has 17 heavy (non-hydrogen) atoms. The second-order valence-electron chi connectivity index (χ2n) is 3.46. The highest BCUT2D eigenvalue weighted by atomic mass is 16.4. The first-order chi connectivity index (χ1) is 8.25. The second-order valence-corrected chi connectivity index (χ2v) is 3.46. The number of carboxylic acid groups (broad SMARTS) is 1. The number of hydrogen-bond acceptors (Lipinski definition) is 4. The minimum Gasteiger partial charge on any atom is -0.478 e. The maximum atomic E-state index is 10.9. The Morgan fingerprint density at radius 1 is 1.35 bits per heavy atom. The number of aromatic carboxylic acids is 1. The summed E-state index contributed by atoms with van der Waals surface area (Å²) in [7, 11) is 0. The molecule has 0 unspecified atom stereocenters. The van der Waals surface area contributed by atoms with Gasteiger partial charge in [0.25, 0.3) is 0 Å². The fraction of sp³-hybridized carbons (Fsp3) is 0. The standard InChI is InChI=1S/C10H7N5O2/c16-10(17)6-1-2-8-13-14-9(15(8)5-6)7-3-11-12-4-7/h1-5H,(H,11,12)(H,16,17). The number of fused-ring (bicyclic) bond motifs is 1. The molecule has 0 radical (unpaired) electrons. The van der Waals surface area contributed by atoms with Gasteiger partial charge in [0.05, 0.1) is 17.3 Å². The molecular formula is C10H7N5O2. The first kappa shape index (κ1) is 9.52. The van der Waals surface area contributed by atoms with Crippen LogP contribution in [-0.4, -0.2) is 35.9 Å². The minimum atomic E-state index is -0.987. The molecule has 0 aliphatic carbocycles. The van der Waals surface area contributed by atoms with E-state index >= 15 is 0 Å². The third-order valence-corrected chi connectivity index (χ3v) is 2.41. The van der Waals surface area contributed by atoms with Gasteiger partial charge >= 0.3 is 5.97 Å². The van der Waals surface area contributed by atoms with Crippen molar-refractivity contribution in [3.8, 4) is 11.4 Å². The Morgan fingerprint density at radius 2 is 2.24 bits per heavy atom. The summed E-state index contributed by atoms with van der Waals surface area (Å²) in [6.07, 6.45) is 4.76. The molecule has 7 heteroatoms. The molecule has 0 spiro atoms. The lowest BCUT2D eigenvalue weighted by Crippen LogP contribution is -1.99. The van der Waals surface area contributed by atoms with Crippen LogP contribution in [0.4, 0.5) is 0 Å². The van der Waals surface area contributed by atoms with Crippen molar-refractivity contribution in [3.63, 3.8) is 0 Å². The molecule has 3 heterocycles. The number of nitrogens with zero attached hydrogens (tertiary/aromatic N) is 4. The Morgan fingerprint density at radius 3 is 2.94 bits per heavy atom. The third kappa shape index (κ3) is 1.44. The van der Waals surface area contributed by atoms with Crippen LogP contribution in [-0.2, 0) is 0 Å². The first-order valence-electron chi connectivity index (χ1n) is 4.83. The van der Waals surface area contributed by atoms with E-state index < -0.39 is 5.97 Å². The fourth-order valence-electron chi connectivity index (χ4n) is 1.59. The van der Waals surface area contributed by atoms with Crippen molar-refractivity contribution in [3.05, 3.63) is 36.3 Å². The number of aromatic nitrogens is 5. The average Bonchev–Trinajstić information content (AvgIpc) is 2.96. The van der Waals surface area contributed by atoms with Gasteiger partial charge in [-0.2, -0.15) is 5.10 Å². The molecule has 7 nitrogen and oxygen atoms in total. The van der Waals surface area contributed by atoms with Crippen LogP contribution in [0.1, 0.15) is 10.4 Å². The summed E-state index contributed by atoms with van der Waals surface area (Å²) in [4.78, 5) is 10.9. The Bertz CT molecular complexity index is 686. The zero-order chi connectivity index (χ0) is 11.8. The summed E-state index contributed by atoms with van der Waals surface area (Å²) in [6, 6.07) is 3.10. The minimum absolute atomic E-state index is 0.182. The summed E-state index contributed by atoms with van der Waals surface area (Å²) in [5, 5.41) is 23.4. The van der Waals surface area contributed by atoms with Crippen molar-refractivity contribution in [1.29, 1.82) is 0 Å². The van der Waals surface area contributed by atoms with Crippen molar-refractivity contribution < 1.29 is 9.90 Å². The van der Waals surface area contributed by atoms with Gasteiger partial charge in [-0.1, -0.05) is 0 Å². The van der Waals surface area contributed by atoms with Crippen molar-refractivity contribution in [2.75, 3.05) is 0 Å². The predicted octanol–water partition coefficient (Wildman–Crippen LogP) is 0.818. The highest BCUT2D eigenvalue weighted by molar-refractivity contribution is 5.87. The Kier molecular flexibility index (Phi) is 1.91. The van der Waals surface area contributed by atoms with Gasteiger partial charge in [0.1, 0.15) is 0 Å².